The second-order valence-corrected chi connectivity index (χ2v) is 10.6. The highest BCUT2D eigenvalue weighted by Gasteiger charge is 2.16. The number of hydrogen-bond donors (Lipinski definition) is 2. The Labute approximate surface area is 278 Å². The Kier molecular flexibility index (Phi) is 43.8. The van der Waals surface area contributed by atoms with Gasteiger partial charge in [-0.25, -0.2) is 4.21 Å². The molecule has 0 saturated carbocycles. The fourth-order valence-electron chi connectivity index (χ4n) is 3.17. The lowest BCUT2D eigenvalue weighted by molar-refractivity contribution is -0.142. The number of esters is 1. The predicted octanol–water partition coefficient (Wildman–Crippen LogP) is 6.45. The highest BCUT2D eigenvalue weighted by Crippen LogP contribution is 2.14. The number of hydrogen-bond acceptors (Lipinski definition) is 9. The van der Waals surface area contributed by atoms with Gasteiger partial charge in [0.2, 0.25) is 5.91 Å². The Morgan fingerprint density at radius 3 is 2.14 bits per heavy atom. The molecule has 0 heterocycles. The summed E-state index contributed by atoms with van der Waals surface area (Å²) >= 11 is 2.47. The molecule has 0 aromatic heterocycles. The molecule has 3 atom stereocenters. The van der Waals surface area contributed by atoms with Crippen molar-refractivity contribution >= 4 is 35.6 Å². The molecule has 1 amide bonds. The lowest BCUT2D eigenvalue weighted by Crippen LogP contribution is -2.37. The molecule has 0 bridgehead atoms. The molecule has 9 nitrogen and oxygen atoms in total. The number of rotatable bonds is 23. The highest BCUT2D eigenvalue weighted by molar-refractivity contribution is 7.84. The van der Waals surface area contributed by atoms with Gasteiger partial charge in [-0.2, -0.15) is 12.6 Å². The Morgan fingerprint density at radius 1 is 1.00 bits per heavy atom. The molecule has 0 aliphatic rings. The Bertz CT molecular complexity index is 764. The molecule has 11 heteroatoms. The summed E-state index contributed by atoms with van der Waals surface area (Å²) in [6.07, 6.45) is 11.1. The first-order valence-electron chi connectivity index (χ1n) is 15.6. The van der Waals surface area contributed by atoms with Gasteiger partial charge in [-0.3, -0.25) is 13.8 Å². The van der Waals surface area contributed by atoms with E-state index in [0.29, 0.717) is 68.6 Å². The van der Waals surface area contributed by atoms with Crippen molar-refractivity contribution in [2.45, 2.75) is 92.7 Å². The van der Waals surface area contributed by atoms with Gasteiger partial charge in [0.25, 0.3) is 0 Å². The zero-order valence-corrected chi connectivity index (χ0v) is 30.6. The first-order chi connectivity index (χ1) is 21.2. The van der Waals surface area contributed by atoms with Crippen molar-refractivity contribution in [1.82, 2.24) is 10.2 Å². The topological polar surface area (TPSA) is 103 Å². The minimum absolute atomic E-state index is 0.0504. The molecule has 0 spiro atoms. The van der Waals surface area contributed by atoms with Crippen LogP contribution < -0.4 is 5.32 Å². The van der Waals surface area contributed by atoms with Crippen LogP contribution in [0.15, 0.2) is 48.9 Å². The minimum Gasteiger partial charge on any atom is -0.466 e. The van der Waals surface area contributed by atoms with Crippen molar-refractivity contribution in [3.63, 3.8) is 0 Å². The van der Waals surface area contributed by atoms with Crippen LogP contribution in [-0.4, -0.2) is 92.1 Å². The maximum absolute atomic E-state index is 12.7. The first-order valence-corrected chi connectivity index (χ1v) is 17.3. The van der Waals surface area contributed by atoms with E-state index < -0.39 is 11.1 Å². The van der Waals surface area contributed by atoms with Crippen LogP contribution in [0.3, 0.4) is 0 Å². The van der Waals surface area contributed by atoms with Crippen LogP contribution in [0.1, 0.15) is 80.6 Å². The van der Waals surface area contributed by atoms with Crippen LogP contribution in [0.25, 0.3) is 0 Å². The van der Waals surface area contributed by atoms with Crippen molar-refractivity contribution in [3.8, 4) is 0 Å². The minimum atomic E-state index is -1.58. The summed E-state index contributed by atoms with van der Waals surface area (Å²) in [5.41, 5.74) is 0. The van der Waals surface area contributed by atoms with E-state index >= 15 is 0 Å². The average Bonchev–Trinajstić information content (AvgIpc) is 3.03. The molecule has 0 fully saturated rings. The molecule has 0 rings (SSSR count). The predicted molar refractivity (Wildman–Crippen MR) is 190 cm³/mol. The van der Waals surface area contributed by atoms with E-state index in [1.165, 1.54) is 0 Å². The van der Waals surface area contributed by atoms with Gasteiger partial charge < -0.3 is 24.4 Å². The lowest BCUT2D eigenvalue weighted by atomic mass is 10.1. The monoisotopic (exact) mass is 664 g/mol. The van der Waals surface area contributed by atoms with Gasteiger partial charge in [-0.1, -0.05) is 65.0 Å². The van der Waals surface area contributed by atoms with Crippen LogP contribution in [0.4, 0.5) is 0 Å². The zero-order chi connectivity index (χ0) is 34.6. The number of nitrogens with one attached hydrogen (secondary N) is 1. The lowest BCUT2D eigenvalue weighted by Gasteiger charge is -2.30. The fraction of sp³-hybridized carbons (Fsp3) is 0.697. The van der Waals surface area contributed by atoms with Crippen molar-refractivity contribution in [2.75, 3.05) is 59.0 Å². The second-order valence-electron chi connectivity index (χ2n) is 8.89. The summed E-state index contributed by atoms with van der Waals surface area (Å²) in [5.74, 6) is 0.282. The van der Waals surface area contributed by atoms with Gasteiger partial charge in [0.15, 0.2) is 11.1 Å². The molecule has 0 radical (unpaired) electrons. The number of amides is 1. The fourth-order valence-corrected chi connectivity index (χ4v) is 4.15. The maximum Gasteiger partial charge on any atom is 0.305 e. The van der Waals surface area contributed by atoms with Crippen LogP contribution >= 0.6 is 12.6 Å². The zero-order valence-electron chi connectivity index (χ0n) is 28.9. The van der Waals surface area contributed by atoms with Crippen molar-refractivity contribution in [3.05, 3.63) is 48.9 Å². The van der Waals surface area contributed by atoms with Crippen molar-refractivity contribution in [1.29, 1.82) is 0 Å². The van der Waals surface area contributed by atoms with Gasteiger partial charge in [0.1, 0.15) is 6.61 Å². The van der Waals surface area contributed by atoms with Gasteiger partial charge in [0, 0.05) is 42.1 Å². The van der Waals surface area contributed by atoms with E-state index in [0.717, 1.165) is 19.3 Å². The van der Waals surface area contributed by atoms with Gasteiger partial charge in [-0.05, 0) is 40.7 Å². The Morgan fingerprint density at radius 2 is 1.61 bits per heavy atom. The smallest absolute Gasteiger partial charge is 0.305 e. The molecule has 1 N–H and O–H groups in total. The quantitative estimate of drug-likeness (QED) is 0.0423. The van der Waals surface area contributed by atoms with E-state index in [9.17, 15) is 13.8 Å². The SMILES string of the molecule is C=C.C=C/C=C\C/C(=C\CNC(=O)COCCOCCS)S(=O)OCCC(C)N(C)C(C)CCC.CC.CCOC(=O)CC. The summed E-state index contributed by atoms with van der Waals surface area (Å²) in [6.45, 7) is 26.2. The summed E-state index contributed by atoms with van der Waals surface area (Å²) in [7, 11) is 2.12. The van der Waals surface area contributed by atoms with Gasteiger partial charge in [0.05, 0.1) is 33.0 Å². The third kappa shape index (κ3) is 33.1. The molecule has 0 aromatic rings. The molecular formula is C33H64N2O7S2. The van der Waals surface area contributed by atoms with E-state index in [1.54, 1.807) is 32.1 Å². The van der Waals surface area contributed by atoms with E-state index in [2.05, 4.69) is 75.1 Å². The molecular weight excluding hydrogens is 601 g/mol. The number of allylic oxidation sites excluding steroid dienone is 4. The van der Waals surface area contributed by atoms with Crippen molar-refractivity contribution in [2.24, 2.45) is 0 Å². The van der Waals surface area contributed by atoms with Gasteiger partial charge in [-0.15, -0.1) is 13.2 Å². The largest absolute Gasteiger partial charge is 0.466 e. The molecule has 44 heavy (non-hydrogen) atoms. The van der Waals surface area contributed by atoms with Crippen molar-refractivity contribution < 1.29 is 32.2 Å². The summed E-state index contributed by atoms with van der Waals surface area (Å²) < 4.78 is 33.4. The molecule has 260 valence electrons. The number of carbonyl (C=O) groups excluding carboxylic acids is 2. The maximum atomic E-state index is 12.7. The van der Waals surface area contributed by atoms with E-state index in [4.69, 9.17) is 13.7 Å². The number of nitrogens with zero attached hydrogens (tertiary/aromatic N) is 1. The number of thiol groups is 1. The van der Waals surface area contributed by atoms with Crippen LogP contribution in [-0.2, 0) is 39.1 Å². The third-order valence-electron chi connectivity index (χ3n) is 5.69. The van der Waals surface area contributed by atoms with Crippen LogP contribution in [0.5, 0.6) is 0 Å². The summed E-state index contributed by atoms with van der Waals surface area (Å²) in [6, 6.07) is 0.836. The third-order valence-corrected chi connectivity index (χ3v) is 7.02. The standard InChI is InChI=1S/C24H44N2O5S2.C5H10O2.C2H6.C2H4/c1-6-8-9-11-23(12-14-25-24(27)20-30-17-16-29-18-19-32)33(28)31-15-13-22(4)26(5)21(3)10-7-2;1-3-5(6)7-4-2;2*1-2/h6,8-9,12,21-22,32H,1,7,10-11,13-20H2,2-5H3,(H,25,27);3-4H2,1-2H3;1-2H3;1-2H2/b9-8-,23-12+;;;. The molecule has 0 aliphatic carbocycles. The number of carbonyl (C=O) groups is 2. The van der Waals surface area contributed by atoms with E-state index in [1.807, 2.05) is 19.9 Å². The van der Waals surface area contributed by atoms with Crippen LogP contribution in [0.2, 0.25) is 0 Å². The molecule has 0 aliphatic heterocycles. The second kappa shape index (κ2) is 39.3. The first kappa shape index (κ1) is 49.1. The summed E-state index contributed by atoms with van der Waals surface area (Å²) in [5, 5.41) is 2.74. The molecule has 3 unspecified atom stereocenters. The highest BCUT2D eigenvalue weighted by atomic mass is 32.2. The Balaban J connectivity index is -0.000000624. The molecule has 0 saturated heterocycles. The number of ether oxygens (including phenoxy) is 3. The average molecular weight is 665 g/mol. The molecule has 0 aromatic carbocycles. The Hall–Kier alpha value is -1.76. The van der Waals surface area contributed by atoms with Crippen LogP contribution in [0, 0.1) is 0 Å². The van der Waals surface area contributed by atoms with E-state index in [-0.39, 0.29) is 25.0 Å². The summed E-state index contributed by atoms with van der Waals surface area (Å²) in [4.78, 5) is 25.0. The van der Waals surface area contributed by atoms with Gasteiger partial charge >= 0.3 is 5.97 Å². The normalized spacial score (nSPS) is 12.8.